The Labute approximate surface area is 143 Å². The van der Waals surface area contributed by atoms with Crippen molar-refractivity contribution in [1.29, 1.82) is 0 Å². The summed E-state index contributed by atoms with van der Waals surface area (Å²) in [4.78, 5) is 24.6. The minimum atomic E-state index is -1.23. The van der Waals surface area contributed by atoms with Crippen LogP contribution in [0.3, 0.4) is 0 Å². The van der Waals surface area contributed by atoms with Gasteiger partial charge in [0.15, 0.2) is 11.6 Å². The van der Waals surface area contributed by atoms with Crippen LogP contribution in [0.15, 0.2) is 12.1 Å². The third-order valence-corrected chi connectivity index (χ3v) is 5.37. The lowest BCUT2D eigenvalue weighted by Gasteiger charge is -2.40. The van der Waals surface area contributed by atoms with Crippen molar-refractivity contribution in [2.75, 3.05) is 0 Å². The Kier molecular flexibility index (Phi) is 4.73. The van der Waals surface area contributed by atoms with Gasteiger partial charge in [-0.15, -0.1) is 0 Å². The fourth-order valence-corrected chi connectivity index (χ4v) is 4.17. The smallest absolute Gasteiger partial charge is 0.312 e. The highest BCUT2D eigenvalue weighted by atomic mass is 19.2. The minimum absolute atomic E-state index is 0.00180. The molecule has 8 heteroatoms. The van der Waals surface area contributed by atoms with Gasteiger partial charge in [-0.3, -0.25) is 9.59 Å². The van der Waals surface area contributed by atoms with Crippen molar-refractivity contribution in [2.45, 2.75) is 50.2 Å². The molecule has 2 unspecified atom stereocenters. The van der Waals surface area contributed by atoms with Gasteiger partial charge in [-0.2, -0.15) is 0 Å². The lowest BCUT2D eigenvalue weighted by molar-refractivity contribution is -0.147. The van der Waals surface area contributed by atoms with Crippen LogP contribution in [0.2, 0.25) is 0 Å². The van der Waals surface area contributed by atoms with Crippen molar-refractivity contribution in [3.63, 3.8) is 0 Å². The monoisotopic (exact) mass is 355 g/mol. The first-order chi connectivity index (χ1) is 11.8. The normalized spacial score (nSPS) is 26.6. The number of halogens is 3. The molecule has 5 nitrogen and oxygen atoms in total. The SMILES string of the molecule is NC(=O)C(=O)N1C2CCC1CC([C@@H](N)Cc1cc(F)c(F)cc1F)C2. The first kappa shape index (κ1) is 17.7. The molecule has 1 aromatic carbocycles. The molecule has 4 N–H and O–H groups in total. The molecule has 2 heterocycles. The van der Waals surface area contributed by atoms with Crippen LogP contribution >= 0.6 is 0 Å². The first-order valence-electron chi connectivity index (χ1n) is 8.29. The summed E-state index contributed by atoms with van der Waals surface area (Å²) < 4.78 is 40.2. The second kappa shape index (κ2) is 6.67. The van der Waals surface area contributed by atoms with Gasteiger partial charge in [0.25, 0.3) is 0 Å². The Balaban J connectivity index is 1.69. The van der Waals surface area contributed by atoms with Gasteiger partial charge in [-0.05, 0) is 49.7 Å². The average Bonchev–Trinajstić information content (AvgIpc) is 2.80. The van der Waals surface area contributed by atoms with E-state index in [1.54, 1.807) is 4.90 Å². The van der Waals surface area contributed by atoms with E-state index >= 15 is 0 Å². The van der Waals surface area contributed by atoms with Gasteiger partial charge in [0.2, 0.25) is 0 Å². The molecule has 25 heavy (non-hydrogen) atoms. The number of hydrogen-bond donors (Lipinski definition) is 2. The second-order valence-corrected chi connectivity index (χ2v) is 6.92. The van der Waals surface area contributed by atoms with E-state index in [1.807, 2.05) is 0 Å². The molecular formula is C17H20F3N3O2. The van der Waals surface area contributed by atoms with Crippen molar-refractivity contribution in [3.8, 4) is 0 Å². The number of nitrogens with two attached hydrogens (primary N) is 2. The summed E-state index contributed by atoms with van der Waals surface area (Å²) in [5.41, 5.74) is 11.3. The van der Waals surface area contributed by atoms with Gasteiger partial charge in [0.05, 0.1) is 0 Å². The predicted octanol–water partition coefficient (Wildman–Crippen LogP) is 1.23. The van der Waals surface area contributed by atoms with Crippen molar-refractivity contribution in [1.82, 2.24) is 4.90 Å². The maximum atomic E-state index is 13.8. The van der Waals surface area contributed by atoms with Crippen LogP contribution in [-0.2, 0) is 16.0 Å². The van der Waals surface area contributed by atoms with Gasteiger partial charge in [0.1, 0.15) is 5.82 Å². The van der Waals surface area contributed by atoms with Crippen molar-refractivity contribution in [2.24, 2.45) is 17.4 Å². The van der Waals surface area contributed by atoms with E-state index in [0.717, 1.165) is 18.9 Å². The molecule has 0 radical (unpaired) electrons. The number of hydrogen-bond acceptors (Lipinski definition) is 3. The highest BCUT2D eigenvalue weighted by Crippen LogP contribution is 2.40. The van der Waals surface area contributed by atoms with Crippen LogP contribution in [0, 0.1) is 23.4 Å². The average molecular weight is 355 g/mol. The number of carbonyl (C=O) groups excluding carboxylic acids is 2. The zero-order valence-electron chi connectivity index (χ0n) is 13.6. The topological polar surface area (TPSA) is 89.4 Å². The molecule has 0 aromatic heterocycles. The third kappa shape index (κ3) is 3.35. The maximum Gasteiger partial charge on any atom is 0.312 e. The summed E-state index contributed by atoms with van der Waals surface area (Å²) in [7, 11) is 0. The van der Waals surface area contributed by atoms with Crippen molar-refractivity contribution >= 4 is 11.8 Å². The molecule has 2 amide bonds. The van der Waals surface area contributed by atoms with Crippen LogP contribution in [0.4, 0.5) is 13.2 Å². The Hall–Kier alpha value is -2.09. The summed E-state index contributed by atoms with van der Waals surface area (Å²) in [5.74, 6) is -4.80. The number of primary amides is 1. The summed E-state index contributed by atoms with van der Waals surface area (Å²) >= 11 is 0. The highest BCUT2D eigenvalue weighted by Gasteiger charge is 2.45. The number of benzene rings is 1. The maximum absolute atomic E-state index is 13.8. The quantitative estimate of drug-likeness (QED) is 0.631. The largest absolute Gasteiger partial charge is 0.361 e. The highest BCUT2D eigenvalue weighted by molar-refractivity contribution is 6.34. The lowest BCUT2D eigenvalue weighted by Crippen LogP contribution is -2.53. The van der Waals surface area contributed by atoms with E-state index in [1.165, 1.54) is 0 Å². The van der Waals surface area contributed by atoms with Crippen LogP contribution < -0.4 is 11.5 Å². The van der Waals surface area contributed by atoms with E-state index in [4.69, 9.17) is 11.5 Å². The molecule has 2 aliphatic rings. The number of rotatable bonds is 3. The predicted molar refractivity (Wildman–Crippen MR) is 83.6 cm³/mol. The molecule has 3 rings (SSSR count). The van der Waals surface area contributed by atoms with E-state index in [-0.39, 0.29) is 30.0 Å². The van der Waals surface area contributed by atoms with E-state index in [0.29, 0.717) is 18.9 Å². The van der Waals surface area contributed by atoms with Gasteiger partial charge >= 0.3 is 11.8 Å². The van der Waals surface area contributed by atoms with Crippen molar-refractivity contribution < 1.29 is 22.8 Å². The van der Waals surface area contributed by atoms with Crippen LogP contribution in [-0.4, -0.2) is 34.8 Å². The molecule has 0 saturated carbocycles. The van der Waals surface area contributed by atoms with Crippen LogP contribution in [0.1, 0.15) is 31.2 Å². The van der Waals surface area contributed by atoms with E-state index in [9.17, 15) is 22.8 Å². The Morgan fingerprint density at radius 3 is 2.20 bits per heavy atom. The van der Waals surface area contributed by atoms with Gasteiger partial charge < -0.3 is 16.4 Å². The summed E-state index contributed by atoms with van der Waals surface area (Å²) in [5, 5.41) is 0. The Bertz CT molecular complexity index is 699. The minimum Gasteiger partial charge on any atom is -0.361 e. The van der Waals surface area contributed by atoms with Crippen LogP contribution in [0.25, 0.3) is 0 Å². The number of fused-ring (bicyclic) bond motifs is 2. The first-order valence-corrected chi connectivity index (χ1v) is 8.29. The standard InChI is InChI=1S/C17H20F3N3O2/c18-12-7-14(20)13(19)5-8(12)6-15(21)9-3-10-1-2-11(4-9)23(10)17(25)16(22)24/h5,7,9-11,15H,1-4,6,21H2,(H2,22,24)/t9?,10?,11?,15-/m0/s1. The van der Waals surface area contributed by atoms with Gasteiger partial charge in [0, 0.05) is 24.2 Å². The zero-order chi connectivity index (χ0) is 18.3. The molecule has 2 aliphatic heterocycles. The fourth-order valence-electron chi connectivity index (χ4n) is 4.17. The molecule has 0 spiro atoms. The number of amides is 2. The van der Waals surface area contributed by atoms with E-state index < -0.39 is 35.3 Å². The number of piperidine rings is 1. The zero-order valence-corrected chi connectivity index (χ0v) is 13.6. The Morgan fingerprint density at radius 2 is 1.64 bits per heavy atom. The molecule has 2 bridgehead atoms. The number of nitrogens with zero attached hydrogens (tertiary/aromatic N) is 1. The molecule has 136 valence electrons. The Morgan fingerprint density at radius 1 is 1.08 bits per heavy atom. The number of carbonyl (C=O) groups is 2. The lowest BCUT2D eigenvalue weighted by atomic mass is 9.82. The summed E-state index contributed by atoms with van der Waals surface area (Å²) in [6, 6.07) is 0.697. The third-order valence-electron chi connectivity index (χ3n) is 5.37. The molecule has 2 fully saturated rings. The molecule has 2 saturated heterocycles. The molecule has 3 atom stereocenters. The summed E-state index contributed by atoms with van der Waals surface area (Å²) in [6.45, 7) is 0. The van der Waals surface area contributed by atoms with Gasteiger partial charge in [-0.25, -0.2) is 13.2 Å². The van der Waals surface area contributed by atoms with Crippen molar-refractivity contribution in [3.05, 3.63) is 35.1 Å². The van der Waals surface area contributed by atoms with Gasteiger partial charge in [-0.1, -0.05) is 0 Å². The summed E-state index contributed by atoms with van der Waals surface area (Å²) in [6.07, 6.45) is 2.79. The van der Waals surface area contributed by atoms with E-state index in [2.05, 4.69) is 0 Å². The molecular weight excluding hydrogens is 335 g/mol. The second-order valence-electron chi connectivity index (χ2n) is 6.92. The van der Waals surface area contributed by atoms with Crippen LogP contribution in [0.5, 0.6) is 0 Å². The fraction of sp³-hybridized carbons (Fsp3) is 0.529. The molecule has 0 aliphatic carbocycles. The molecule has 1 aromatic rings.